The highest BCUT2D eigenvalue weighted by atomic mass is 35.5. The number of rotatable bonds is 10. The Hall–Kier alpha value is -2.48. The van der Waals surface area contributed by atoms with E-state index < -0.39 is 0 Å². The maximum Gasteiger partial charge on any atom is 0.238 e. The van der Waals surface area contributed by atoms with Gasteiger partial charge in [-0.15, -0.1) is 0 Å². The van der Waals surface area contributed by atoms with Gasteiger partial charge in [0.15, 0.2) is 0 Å². The molecule has 1 heterocycles. The van der Waals surface area contributed by atoms with Gasteiger partial charge in [0.05, 0.1) is 44.3 Å². The van der Waals surface area contributed by atoms with Crippen molar-refractivity contribution in [3.05, 3.63) is 47.0 Å². The van der Waals surface area contributed by atoms with Crippen LogP contribution in [0.5, 0.6) is 11.5 Å². The fraction of sp³-hybridized carbons (Fsp3) is 0.458. The normalized spacial score (nSPS) is 13.8. The van der Waals surface area contributed by atoms with Gasteiger partial charge in [-0.25, -0.2) is 0 Å². The van der Waals surface area contributed by atoms with Crippen molar-refractivity contribution in [3.63, 3.8) is 0 Å². The van der Waals surface area contributed by atoms with Crippen molar-refractivity contribution in [1.82, 2.24) is 4.90 Å². The van der Waals surface area contributed by atoms with Crippen LogP contribution in [-0.4, -0.2) is 63.9 Å². The third-order valence-electron chi connectivity index (χ3n) is 5.04. The molecular formula is C24H32ClN3O4. The first-order chi connectivity index (χ1) is 15.5. The van der Waals surface area contributed by atoms with Crippen LogP contribution < -0.4 is 19.7 Å². The molecule has 0 saturated carbocycles. The van der Waals surface area contributed by atoms with Gasteiger partial charge in [0.2, 0.25) is 5.91 Å². The molecule has 2 aromatic carbocycles. The summed E-state index contributed by atoms with van der Waals surface area (Å²) in [4.78, 5) is 17.0. The number of likely N-dealkylation sites (N-methyl/N-ethyl adjacent to an activating group) is 1. The molecule has 0 atom stereocenters. The minimum Gasteiger partial charge on any atom is -0.492 e. The van der Waals surface area contributed by atoms with E-state index in [1.165, 1.54) is 0 Å². The largest absolute Gasteiger partial charge is 0.492 e. The summed E-state index contributed by atoms with van der Waals surface area (Å²) in [7, 11) is 1.90. The first kappa shape index (κ1) is 24.2. The van der Waals surface area contributed by atoms with Crippen LogP contribution in [0.15, 0.2) is 36.4 Å². The Balaban J connectivity index is 1.74. The van der Waals surface area contributed by atoms with Crippen molar-refractivity contribution in [3.8, 4) is 11.5 Å². The molecule has 3 rings (SSSR count). The van der Waals surface area contributed by atoms with Gasteiger partial charge in [-0.3, -0.25) is 9.69 Å². The molecule has 2 aromatic rings. The fourth-order valence-electron chi connectivity index (χ4n) is 3.68. The average molecular weight is 462 g/mol. The summed E-state index contributed by atoms with van der Waals surface area (Å²) in [5, 5.41) is 3.68. The predicted molar refractivity (Wildman–Crippen MR) is 128 cm³/mol. The maximum atomic E-state index is 12.8. The summed E-state index contributed by atoms with van der Waals surface area (Å²) >= 11 is 6.06. The van der Waals surface area contributed by atoms with Crippen molar-refractivity contribution < 1.29 is 19.0 Å². The van der Waals surface area contributed by atoms with E-state index in [0.717, 1.165) is 30.1 Å². The molecule has 1 amide bonds. The maximum absolute atomic E-state index is 12.8. The van der Waals surface area contributed by atoms with E-state index in [1.807, 2.05) is 62.2 Å². The minimum absolute atomic E-state index is 0.128. The number of halogens is 1. The number of amides is 1. The summed E-state index contributed by atoms with van der Waals surface area (Å²) in [5.74, 6) is 1.22. The van der Waals surface area contributed by atoms with Crippen LogP contribution in [0.25, 0.3) is 0 Å². The van der Waals surface area contributed by atoms with Crippen LogP contribution in [0, 0.1) is 0 Å². The summed E-state index contributed by atoms with van der Waals surface area (Å²) in [6.45, 7) is 8.66. The Morgan fingerprint density at radius 3 is 2.53 bits per heavy atom. The first-order valence-corrected chi connectivity index (χ1v) is 11.4. The zero-order valence-corrected chi connectivity index (χ0v) is 19.8. The van der Waals surface area contributed by atoms with Crippen molar-refractivity contribution in [2.24, 2.45) is 0 Å². The molecule has 32 heavy (non-hydrogen) atoms. The highest BCUT2D eigenvalue weighted by Crippen LogP contribution is 2.39. The Labute approximate surface area is 195 Å². The molecule has 1 saturated heterocycles. The van der Waals surface area contributed by atoms with Gasteiger partial charge in [-0.2, -0.15) is 0 Å². The molecule has 8 heteroatoms. The molecule has 0 aliphatic carbocycles. The molecule has 0 unspecified atom stereocenters. The molecule has 0 bridgehead atoms. The number of ether oxygens (including phenoxy) is 3. The summed E-state index contributed by atoms with van der Waals surface area (Å²) in [6, 6.07) is 11.4. The van der Waals surface area contributed by atoms with E-state index in [0.29, 0.717) is 49.4 Å². The third kappa shape index (κ3) is 6.76. The lowest BCUT2D eigenvalue weighted by molar-refractivity contribution is -0.117. The quantitative estimate of drug-likeness (QED) is 0.576. The standard InChI is InChI=1S/C24H32ClN3O4/c1-4-31-22-15-21(28-9-11-30-12-10-28)23(32-5-2)14-20(22)26-24(29)17-27(3)16-18-7-6-8-19(25)13-18/h6-8,13-15H,4-5,9-12,16-17H2,1-3H3,(H,26,29). The number of nitrogens with zero attached hydrogens (tertiary/aromatic N) is 2. The van der Waals surface area contributed by atoms with Crippen molar-refractivity contribution in [2.75, 3.05) is 63.3 Å². The van der Waals surface area contributed by atoms with E-state index in [-0.39, 0.29) is 12.5 Å². The van der Waals surface area contributed by atoms with E-state index >= 15 is 0 Å². The predicted octanol–water partition coefficient (Wildman–Crippen LogP) is 4.04. The molecule has 1 aliphatic rings. The van der Waals surface area contributed by atoms with Crippen molar-refractivity contribution >= 4 is 28.9 Å². The SMILES string of the molecule is CCOc1cc(N2CCOCC2)c(OCC)cc1NC(=O)CN(C)Cc1cccc(Cl)c1. The third-order valence-corrected chi connectivity index (χ3v) is 5.28. The molecule has 0 aromatic heterocycles. The molecule has 0 spiro atoms. The topological polar surface area (TPSA) is 63.3 Å². The van der Waals surface area contributed by atoms with Gasteiger partial charge in [0.1, 0.15) is 11.5 Å². The number of carbonyl (C=O) groups excluding carboxylic acids is 1. The smallest absolute Gasteiger partial charge is 0.238 e. The first-order valence-electron chi connectivity index (χ1n) is 11.0. The lowest BCUT2D eigenvalue weighted by atomic mass is 10.2. The Morgan fingerprint density at radius 1 is 1.12 bits per heavy atom. The second-order valence-corrected chi connectivity index (χ2v) is 8.07. The number of hydrogen-bond donors (Lipinski definition) is 1. The number of morpholine rings is 1. The van der Waals surface area contributed by atoms with E-state index in [2.05, 4.69) is 10.2 Å². The number of carbonyl (C=O) groups is 1. The second-order valence-electron chi connectivity index (χ2n) is 7.63. The van der Waals surface area contributed by atoms with E-state index in [9.17, 15) is 4.79 Å². The average Bonchev–Trinajstić information content (AvgIpc) is 2.76. The van der Waals surface area contributed by atoms with Crippen LogP contribution in [0.4, 0.5) is 11.4 Å². The lowest BCUT2D eigenvalue weighted by Crippen LogP contribution is -2.36. The molecule has 7 nitrogen and oxygen atoms in total. The number of hydrogen-bond acceptors (Lipinski definition) is 6. The van der Waals surface area contributed by atoms with E-state index in [4.69, 9.17) is 25.8 Å². The monoisotopic (exact) mass is 461 g/mol. The fourth-order valence-corrected chi connectivity index (χ4v) is 3.89. The van der Waals surface area contributed by atoms with Gasteiger partial charge in [0.25, 0.3) is 0 Å². The van der Waals surface area contributed by atoms with Crippen molar-refractivity contribution in [2.45, 2.75) is 20.4 Å². The molecular weight excluding hydrogens is 430 g/mol. The van der Waals surface area contributed by atoms with E-state index in [1.54, 1.807) is 0 Å². The lowest BCUT2D eigenvalue weighted by Gasteiger charge is -2.31. The van der Waals surface area contributed by atoms with Crippen LogP contribution in [0.2, 0.25) is 5.02 Å². The van der Waals surface area contributed by atoms with Gasteiger partial charge in [-0.05, 0) is 38.6 Å². The zero-order valence-electron chi connectivity index (χ0n) is 19.0. The number of anilines is 2. The Bertz CT molecular complexity index is 903. The number of benzene rings is 2. The minimum atomic E-state index is -0.128. The van der Waals surface area contributed by atoms with Crippen LogP contribution >= 0.6 is 11.6 Å². The molecule has 1 N–H and O–H groups in total. The molecule has 0 radical (unpaired) electrons. The Morgan fingerprint density at radius 2 is 1.84 bits per heavy atom. The molecule has 1 aliphatic heterocycles. The highest BCUT2D eigenvalue weighted by Gasteiger charge is 2.20. The summed E-state index contributed by atoms with van der Waals surface area (Å²) < 4.78 is 17.2. The second kappa shape index (κ2) is 11.9. The zero-order chi connectivity index (χ0) is 22.9. The van der Waals surface area contributed by atoms with Gasteiger partial charge in [0, 0.05) is 36.8 Å². The summed E-state index contributed by atoms with van der Waals surface area (Å²) in [6.07, 6.45) is 0. The van der Waals surface area contributed by atoms with Gasteiger partial charge >= 0.3 is 0 Å². The van der Waals surface area contributed by atoms with Crippen LogP contribution in [0.3, 0.4) is 0 Å². The summed E-state index contributed by atoms with van der Waals surface area (Å²) in [5.41, 5.74) is 2.61. The molecule has 1 fully saturated rings. The number of nitrogens with one attached hydrogen (secondary N) is 1. The van der Waals surface area contributed by atoms with Gasteiger partial charge in [-0.1, -0.05) is 23.7 Å². The highest BCUT2D eigenvalue weighted by molar-refractivity contribution is 6.30. The van der Waals surface area contributed by atoms with Gasteiger partial charge < -0.3 is 24.4 Å². The van der Waals surface area contributed by atoms with Crippen LogP contribution in [-0.2, 0) is 16.1 Å². The Kier molecular flexibility index (Phi) is 9.02. The van der Waals surface area contributed by atoms with Crippen molar-refractivity contribution in [1.29, 1.82) is 0 Å². The molecule has 174 valence electrons. The van der Waals surface area contributed by atoms with Crippen LogP contribution in [0.1, 0.15) is 19.4 Å².